The van der Waals surface area contributed by atoms with E-state index in [0.29, 0.717) is 11.6 Å². The standard InChI is InChI=1S/C16H25N3OS/c1-11(2)20-9-8-19(3)16-13(15(17)21)10-12-6-4-5-7-14(12)18-16/h10-11H,4-9H2,1-3H3,(H2,17,21). The third-order valence-corrected chi connectivity index (χ3v) is 4.01. The molecule has 1 aromatic heterocycles. The van der Waals surface area contributed by atoms with Gasteiger partial charge < -0.3 is 15.4 Å². The summed E-state index contributed by atoms with van der Waals surface area (Å²) in [6.45, 7) is 5.53. The first-order chi connectivity index (χ1) is 9.99. The average Bonchev–Trinajstić information content (AvgIpc) is 2.45. The molecule has 0 bridgehead atoms. The molecule has 0 saturated heterocycles. The molecular formula is C16H25N3OS. The number of ether oxygens (including phenoxy) is 1. The van der Waals surface area contributed by atoms with Gasteiger partial charge in [-0.3, -0.25) is 0 Å². The van der Waals surface area contributed by atoms with Gasteiger partial charge >= 0.3 is 0 Å². The number of nitrogens with two attached hydrogens (primary N) is 1. The summed E-state index contributed by atoms with van der Waals surface area (Å²) in [7, 11) is 2.02. The third-order valence-electron chi connectivity index (χ3n) is 3.79. The fraction of sp³-hybridized carbons (Fsp3) is 0.625. The topological polar surface area (TPSA) is 51.4 Å². The summed E-state index contributed by atoms with van der Waals surface area (Å²) in [6, 6.07) is 2.14. The number of pyridine rings is 1. The zero-order valence-electron chi connectivity index (χ0n) is 13.2. The lowest BCUT2D eigenvalue weighted by Gasteiger charge is -2.25. The Morgan fingerprint density at radius 3 is 2.81 bits per heavy atom. The van der Waals surface area contributed by atoms with E-state index < -0.39 is 0 Å². The highest BCUT2D eigenvalue weighted by Gasteiger charge is 2.18. The molecule has 2 rings (SSSR count). The van der Waals surface area contributed by atoms with Crippen LogP contribution in [-0.4, -0.2) is 36.3 Å². The van der Waals surface area contributed by atoms with Crippen molar-refractivity contribution in [2.24, 2.45) is 5.73 Å². The molecule has 5 heteroatoms. The lowest BCUT2D eigenvalue weighted by molar-refractivity contribution is 0.0845. The minimum absolute atomic E-state index is 0.241. The van der Waals surface area contributed by atoms with Gasteiger partial charge in [0.25, 0.3) is 0 Å². The Morgan fingerprint density at radius 1 is 1.43 bits per heavy atom. The molecule has 1 aromatic rings. The maximum absolute atomic E-state index is 5.90. The number of nitrogens with zero attached hydrogens (tertiary/aromatic N) is 2. The van der Waals surface area contributed by atoms with Crippen LogP contribution in [0.4, 0.5) is 5.82 Å². The summed E-state index contributed by atoms with van der Waals surface area (Å²) < 4.78 is 5.61. The molecular weight excluding hydrogens is 282 g/mol. The van der Waals surface area contributed by atoms with Gasteiger partial charge in [-0.05, 0) is 51.2 Å². The molecule has 0 aromatic carbocycles. The Kier molecular flexibility index (Phi) is 5.53. The maximum atomic E-state index is 5.90. The van der Waals surface area contributed by atoms with Crippen LogP contribution in [0.2, 0.25) is 0 Å². The second kappa shape index (κ2) is 7.18. The lowest BCUT2D eigenvalue weighted by Crippen LogP contribution is -2.28. The van der Waals surface area contributed by atoms with Gasteiger partial charge in [0.2, 0.25) is 0 Å². The van der Waals surface area contributed by atoms with Crippen molar-refractivity contribution in [2.45, 2.75) is 45.6 Å². The number of fused-ring (bicyclic) bond motifs is 1. The largest absolute Gasteiger partial charge is 0.389 e. The number of anilines is 1. The molecule has 0 aliphatic heterocycles. The molecule has 0 saturated carbocycles. The Morgan fingerprint density at radius 2 is 2.14 bits per heavy atom. The summed E-state index contributed by atoms with van der Waals surface area (Å²) in [5, 5.41) is 0. The van der Waals surface area contributed by atoms with E-state index in [1.54, 1.807) is 0 Å². The van der Waals surface area contributed by atoms with Crippen LogP contribution in [0.1, 0.15) is 43.5 Å². The minimum atomic E-state index is 0.241. The van der Waals surface area contributed by atoms with E-state index in [1.165, 1.54) is 24.1 Å². The normalized spacial score (nSPS) is 14.1. The molecule has 1 heterocycles. The number of aryl methyl sites for hydroxylation is 2. The fourth-order valence-electron chi connectivity index (χ4n) is 2.63. The highest BCUT2D eigenvalue weighted by atomic mass is 32.1. The molecule has 21 heavy (non-hydrogen) atoms. The summed E-state index contributed by atoms with van der Waals surface area (Å²) >= 11 is 5.21. The molecule has 1 aliphatic carbocycles. The number of aromatic nitrogens is 1. The number of hydrogen-bond acceptors (Lipinski definition) is 4. The molecule has 2 N–H and O–H groups in total. The SMILES string of the molecule is CC(C)OCCN(C)c1nc2c(cc1C(N)=S)CCCC2. The van der Waals surface area contributed by atoms with Crippen molar-refractivity contribution in [2.75, 3.05) is 25.1 Å². The molecule has 0 radical (unpaired) electrons. The van der Waals surface area contributed by atoms with Gasteiger partial charge in [-0.1, -0.05) is 12.2 Å². The second-order valence-electron chi connectivity index (χ2n) is 5.88. The Labute approximate surface area is 132 Å². The van der Waals surface area contributed by atoms with Gasteiger partial charge in [0.05, 0.1) is 18.3 Å². The lowest BCUT2D eigenvalue weighted by atomic mass is 9.94. The molecule has 0 atom stereocenters. The second-order valence-corrected chi connectivity index (χ2v) is 6.32. The smallest absolute Gasteiger partial charge is 0.138 e. The van der Waals surface area contributed by atoms with E-state index in [-0.39, 0.29) is 6.10 Å². The minimum Gasteiger partial charge on any atom is -0.389 e. The van der Waals surface area contributed by atoms with Gasteiger partial charge in [-0.25, -0.2) is 4.98 Å². The van der Waals surface area contributed by atoms with Crippen LogP contribution in [0.25, 0.3) is 0 Å². The summed E-state index contributed by atoms with van der Waals surface area (Å²) in [4.78, 5) is 7.34. The van der Waals surface area contributed by atoms with Crippen LogP contribution in [0.5, 0.6) is 0 Å². The maximum Gasteiger partial charge on any atom is 0.138 e. The Bertz CT molecular complexity index is 516. The van der Waals surface area contributed by atoms with E-state index in [2.05, 4.69) is 11.0 Å². The van der Waals surface area contributed by atoms with Crippen LogP contribution in [0.15, 0.2) is 6.07 Å². The van der Waals surface area contributed by atoms with Crippen LogP contribution in [0.3, 0.4) is 0 Å². The molecule has 0 amide bonds. The zero-order valence-corrected chi connectivity index (χ0v) is 14.0. The third kappa shape index (κ3) is 4.14. The monoisotopic (exact) mass is 307 g/mol. The van der Waals surface area contributed by atoms with E-state index in [0.717, 1.165) is 30.8 Å². The van der Waals surface area contributed by atoms with Gasteiger partial charge in [0, 0.05) is 19.3 Å². The predicted molar refractivity (Wildman–Crippen MR) is 91.1 cm³/mol. The number of hydrogen-bond donors (Lipinski definition) is 1. The van der Waals surface area contributed by atoms with Crippen molar-refractivity contribution in [3.8, 4) is 0 Å². The fourth-order valence-corrected chi connectivity index (χ4v) is 2.78. The van der Waals surface area contributed by atoms with Crippen molar-refractivity contribution >= 4 is 23.0 Å². The molecule has 116 valence electrons. The highest BCUT2D eigenvalue weighted by Crippen LogP contribution is 2.26. The quantitative estimate of drug-likeness (QED) is 0.818. The molecule has 0 fully saturated rings. The number of likely N-dealkylation sites (N-methyl/N-ethyl adjacent to an activating group) is 1. The van der Waals surface area contributed by atoms with Gasteiger partial charge in [-0.15, -0.1) is 0 Å². The van der Waals surface area contributed by atoms with Gasteiger partial charge in [0.15, 0.2) is 0 Å². The van der Waals surface area contributed by atoms with Crippen molar-refractivity contribution in [1.29, 1.82) is 0 Å². The Hall–Kier alpha value is -1.20. The van der Waals surface area contributed by atoms with Crippen molar-refractivity contribution in [1.82, 2.24) is 4.98 Å². The summed E-state index contributed by atoms with van der Waals surface area (Å²) in [5.41, 5.74) is 9.29. The highest BCUT2D eigenvalue weighted by molar-refractivity contribution is 7.80. The zero-order chi connectivity index (χ0) is 15.4. The van der Waals surface area contributed by atoms with E-state index in [9.17, 15) is 0 Å². The van der Waals surface area contributed by atoms with Crippen LogP contribution < -0.4 is 10.6 Å². The van der Waals surface area contributed by atoms with Gasteiger partial charge in [0.1, 0.15) is 10.8 Å². The van der Waals surface area contributed by atoms with E-state index in [4.69, 9.17) is 27.7 Å². The summed E-state index contributed by atoms with van der Waals surface area (Å²) in [5.74, 6) is 0.885. The van der Waals surface area contributed by atoms with Gasteiger partial charge in [-0.2, -0.15) is 0 Å². The first-order valence-corrected chi connectivity index (χ1v) is 8.05. The average molecular weight is 307 g/mol. The molecule has 0 unspecified atom stereocenters. The number of rotatable bonds is 6. The van der Waals surface area contributed by atoms with Crippen molar-refractivity contribution in [3.05, 3.63) is 22.9 Å². The summed E-state index contributed by atoms with van der Waals surface area (Å²) in [6.07, 6.45) is 4.81. The van der Waals surface area contributed by atoms with Crippen LogP contribution in [0, 0.1) is 0 Å². The number of thiocarbonyl (C=S) groups is 1. The van der Waals surface area contributed by atoms with Crippen molar-refractivity contribution < 1.29 is 4.74 Å². The molecule has 0 spiro atoms. The van der Waals surface area contributed by atoms with E-state index in [1.807, 2.05) is 20.9 Å². The first kappa shape index (κ1) is 16.2. The van der Waals surface area contributed by atoms with Crippen LogP contribution in [-0.2, 0) is 17.6 Å². The first-order valence-electron chi connectivity index (χ1n) is 7.64. The molecule has 1 aliphatic rings. The molecule has 4 nitrogen and oxygen atoms in total. The van der Waals surface area contributed by atoms with E-state index >= 15 is 0 Å². The van der Waals surface area contributed by atoms with Crippen molar-refractivity contribution in [3.63, 3.8) is 0 Å². The Balaban J connectivity index is 2.21. The van der Waals surface area contributed by atoms with Crippen LogP contribution >= 0.6 is 12.2 Å². The predicted octanol–water partition coefficient (Wildman–Crippen LogP) is 2.46.